The van der Waals surface area contributed by atoms with Crippen LogP contribution < -0.4 is 20.9 Å². The minimum atomic E-state index is -4.26. The molecule has 1 aliphatic rings. The third-order valence-corrected chi connectivity index (χ3v) is 6.34. The molecule has 0 unspecified atom stereocenters. The molecule has 16 heteroatoms. The minimum Gasteiger partial charge on any atom is -0.387 e. The van der Waals surface area contributed by atoms with Crippen LogP contribution in [0.5, 0.6) is 0 Å². The number of aliphatic hydroxyl groups excluding tert-OH is 2. The lowest BCUT2D eigenvalue weighted by Crippen LogP contribution is -2.50. The first-order valence-corrected chi connectivity index (χ1v) is 12.0. The van der Waals surface area contributed by atoms with Gasteiger partial charge in [-0.25, -0.2) is 19.7 Å². The number of nitrogen functional groups attached to an aromatic ring is 1. The van der Waals surface area contributed by atoms with Crippen molar-refractivity contribution < 1.29 is 28.2 Å². The number of ether oxygens (including phenoxy) is 1. The summed E-state index contributed by atoms with van der Waals surface area (Å²) in [6.07, 6.45) is -0.363. The van der Waals surface area contributed by atoms with E-state index < -0.39 is 53.2 Å². The van der Waals surface area contributed by atoms with Crippen molar-refractivity contribution in [3.05, 3.63) is 12.7 Å². The van der Waals surface area contributed by atoms with Gasteiger partial charge in [0.05, 0.1) is 12.4 Å². The van der Waals surface area contributed by atoms with Crippen LogP contribution in [0.25, 0.3) is 11.2 Å². The van der Waals surface area contributed by atoms with Crippen molar-refractivity contribution in [1.29, 1.82) is 0 Å². The summed E-state index contributed by atoms with van der Waals surface area (Å²) >= 11 is 1.48. The Morgan fingerprint density at radius 2 is 2.10 bits per heavy atom. The summed E-state index contributed by atoms with van der Waals surface area (Å²) < 4.78 is 35.2. The number of rotatable bonds is 9. The third-order valence-electron chi connectivity index (χ3n) is 4.68. The van der Waals surface area contributed by atoms with Crippen LogP contribution in [0.4, 0.5) is 5.82 Å². The van der Waals surface area contributed by atoms with Gasteiger partial charge in [0.25, 0.3) is 5.91 Å². The predicted molar refractivity (Wildman–Crippen MR) is 112 cm³/mol. The lowest BCUT2D eigenvalue weighted by Gasteiger charge is -2.17. The molecule has 1 amide bonds. The molecule has 0 spiro atoms. The fourth-order valence-corrected chi connectivity index (χ4v) is 4.36. The number of imidazole rings is 1. The molecule has 0 radical (unpaired) electrons. The van der Waals surface area contributed by atoms with Gasteiger partial charge in [-0.2, -0.15) is 24.9 Å². The summed E-state index contributed by atoms with van der Waals surface area (Å²) in [7, 11) is -4.26. The molecule has 0 saturated carbocycles. The molecule has 1 saturated heterocycles. The highest BCUT2D eigenvalue weighted by Gasteiger charge is 2.44. The predicted octanol–water partition coefficient (Wildman–Crippen LogP) is -2.94. The van der Waals surface area contributed by atoms with E-state index in [2.05, 4.69) is 19.7 Å². The van der Waals surface area contributed by atoms with Crippen molar-refractivity contribution in [2.45, 2.75) is 37.0 Å². The minimum absolute atomic E-state index is 0.132. The van der Waals surface area contributed by atoms with Gasteiger partial charge in [0.15, 0.2) is 17.7 Å². The Labute approximate surface area is 181 Å². The highest BCUT2D eigenvalue weighted by Crippen LogP contribution is 2.31. The smallest absolute Gasteiger partial charge is 0.301 e. The van der Waals surface area contributed by atoms with Crippen molar-refractivity contribution in [1.82, 2.24) is 29.0 Å². The van der Waals surface area contributed by atoms with Crippen LogP contribution in [0.15, 0.2) is 12.7 Å². The van der Waals surface area contributed by atoms with E-state index in [9.17, 15) is 23.4 Å². The van der Waals surface area contributed by atoms with E-state index in [-0.39, 0.29) is 17.0 Å². The Bertz CT molecular complexity index is 1030. The molecular weight excluding hydrogens is 452 g/mol. The van der Waals surface area contributed by atoms with E-state index in [1.807, 2.05) is 11.0 Å². The third kappa shape index (κ3) is 5.22. The molecule has 172 valence electrons. The van der Waals surface area contributed by atoms with Crippen LogP contribution in [0.2, 0.25) is 0 Å². The molecule has 0 aliphatic carbocycles. The van der Waals surface area contributed by atoms with E-state index in [1.54, 1.807) is 0 Å². The molecule has 14 nitrogen and oxygen atoms in total. The molecule has 31 heavy (non-hydrogen) atoms. The first-order chi connectivity index (χ1) is 14.6. The number of hydrogen-bond acceptors (Lipinski definition) is 12. The molecular formula is C15H24N8O6S2. The number of fused-ring (bicyclic) bond motifs is 1. The lowest BCUT2D eigenvalue weighted by atomic mass is 10.1. The van der Waals surface area contributed by atoms with Crippen LogP contribution in [0.1, 0.15) is 12.6 Å². The zero-order valence-electron chi connectivity index (χ0n) is 16.5. The number of nitrogens with one attached hydrogen (secondary N) is 2. The van der Waals surface area contributed by atoms with Gasteiger partial charge >= 0.3 is 10.2 Å². The SMILES string of the molecule is CSCC[C@H](N)C(=O)NS(=O)(=O)NC[C@H]1O[C@H](n2cnc3c(N)ncnc32)[C@@H](O)[C@H]1O. The molecule has 2 aromatic rings. The molecule has 5 atom stereocenters. The average Bonchev–Trinajstić information content (AvgIpc) is 3.27. The monoisotopic (exact) mass is 476 g/mol. The van der Waals surface area contributed by atoms with Gasteiger partial charge < -0.3 is 26.4 Å². The van der Waals surface area contributed by atoms with Crippen LogP contribution in [-0.4, -0.2) is 87.0 Å². The number of nitrogens with zero attached hydrogens (tertiary/aromatic N) is 4. The number of thioether (sulfide) groups is 1. The van der Waals surface area contributed by atoms with Crippen molar-refractivity contribution in [3.8, 4) is 0 Å². The number of carbonyl (C=O) groups is 1. The molecule has 1 fully saturated rings. The van der Waals surface area contributed by atoms with E-state index in [1.165, 1.54) is 29.0 Å². The first kappa shape index (κ1) is 23.6. The Morgan fingerprint density at radius 1 is 1.35 bits per heavy atom. The number of anilines is 1. The molecule has 0 aromatic carbocycles. The number of amides is 1. The summed E-state index contributed by atoms with van der Waals surface area (Å²) in [5, 5.41) is 20.7. The van der Waals surface area contributed by atoms with Gasteiger partial charge in [0.1, 0.15) is 30.2 Å². The van der Waals surface area contributed by atoms with Crippen molar-refractivity contribution >= 4 is 44.9 Å². The normalized spacial score (nSPS) is 25.0. The summed E-state index contributed by atoms with van der Waals surface area (Å²) in [5.74, 6) is -0.120. The Balaban J connectivity index is 1.64. The van der Waals surface area contributed by atoms with E-state index in [4.69, 9.17) is 16.2 Å². The Kier molecular flexibility index (Phi) is 7.30. The maximum absolute atomic E-state index is 12.1. The van der Waals surface area contributed by atoms with Crippen molar-refractivity contribution in [2.75, 3.05) is 24.3 Å². The van der Waals surface area contributed by atoms with Crippen LogP contribution in [0, 0.1) is 0 Å². The van der Waals surface area contributed by atoms with E-state index in [0.717, 1.165) is 0 Å². The Hall–Kier alpha value is -2.08. The fourth-order valence-electron chi connectivity index (χ4n) is 3.00. The molecule has 0 bridgehead atoms. The number of aromatic nitrogens is 4. The van der Waals surface area contributed by atoms with Crippen molar-refractivity contribution in [3.63, 3.8) is 0 Å². The van der Waals surface area contributed by atoms with Crippen LogP contribution >= 0.6 is 11.8 Å². The van der Waals surface area contributed by atoms with Gasteiger partial charge in [0.2, 0.25) is 0 Å². The second-order valence-electron chi connectivity index (χ2n) is 6.84. The second-order valence-corrected chi connectivity index (χ2v) is 9.32. The zero-order valence-corrected chi connectivity index (χ0v) is 18.1. The number of nitrogens with two attached hydrogens (primary N) is 2. The van der Waals surface area contributed by atoms with Gasteiger partial charge in [0, 0.05) is 6.54 Å². The Morgan fingerprint density at radius 3 is 2.81 bits per heavy atom. The van der Waals surface area contributed by atoms with E-state index in [0.29, 0.717) is 12.2 Å². The van der Waals surface area contributed by atoms with Crippen LogP contribution in [-0.2, 0) is 19.7 Å². The summed E-state index contributed by atoms with van der Waals surface area (Å²) in [6.45, 7) is -0.416. The molecule has 3 rings (SSSR count). The zero-order chi connectivity index (χ0) is 22.8. The summed E-state index contributed by atoms with van der Waals surface area (Å²) in [6, 6.07) is -0.979. The highest BCUT2D eigenvalue weighted by molar-refractivity contribution is 7.98. The second kappa shape index (κ2) is 9.60. The number of carbonyl (C=O) groups excluding carboxylic acids is 1. The molecule has 1 aliphatic heterocycles. The topological polar surface area (TPSA) is 221 Å². The summed E-state index contributed by atoms with van der Waals surface area (Å²) in [5.41, 5.74) is 12.0. The maximum atomic E-state index is 12.1. The van der Waals surface area contributed by atoms with Gasteiger partial charge in [-0.3, -0.25) is 9.36 Å². The number of aliphatic hydroxyl groups is 2. The van der Waals surface area contributed by atoms with Gasteiger partial charge in [-0.15, -0.1) is 0 Å². The first-order valence-electron chi connectivity index (χ1n) is 9.15. The maximum Gasteiger partial charge on any atom is 0.301 e. The fraction of sp³-hybridized carbons (Fsp3) is 0.600. The number of hydrogen-bond donors (Lipinski definition) is 6. The average molecular weight is 477 g/mol. The molecule has 8 N–H and O–H groups in total. The van der Waals surface area contributed by atoms with Gasteiger partial charge in [-0.1, -0.05) is 0 Å². The molecule has 3 heterocycles. The highest BCUT2D eigenvalue weighted by atomic mass is 32.2. The van der Waals surface area contributed by atoms with Gasteiger partial charge in [-0.05, 0) is 18.4 Å². The van der Waals surface area contributed by atoms with Crippen LogP contribution in [0.3, 0.4) is 0 Å². The lowest BCUT2D eigenvalue weighted by molar-refractivity contribution is -0.120. The largest absolute Gasteiger partial charge is 0.387 e. The standard InChI is InChI=1S/C15H24N8O6S2/c1-30-3-2-7(16)14(26)22-31(27,28)21-4-8-10(24)11(25)15(29-8)23-6-20-9-12(17)18-5-19-13(9)23/h5-8,10-11,15,21,24-25H,2-4,16H2,1H3,(H,22,26)(H2,17,18,19)/t7-,8+,10-,11-,15-/m0/s1. The summed E-state index contributed by atoms with van der Waals surface area (Å²) in [4.78, 5) is 23.9. The molecule has 2 aromatic heterocycles. The quantitative estimate of drug-likeness (QED) is 0.214. The van der Waals surface area contributed by atoms with E-state index >= 15 is 0 Å². The van der Waals surface area contributed by atoms with Crippen molar-refractivity contribution in [2.24, 2.45) is 5.73 Å².